The summed E-state index contributed by atoms with van der Waals surface area (Å²) in [6, 6.07) is 15.5. The molecular weight excluding hydrogens is 294 g/mol. The monoisotopic (exact) mass is 315 g/mol. The molecule has 0 aromatic heterocycles. The van der Waals surface area contributed by atoms with Crippen molar-refractivity contribution in [3.8, 4) is 11.5 Å². The highest BCUT2D eigenvalue weighted by Gasteiger charge is 2.18. The number of benzene rings is 2. The fourth-order valence-electron chi connectivity index (χ4n) is 1.74. The fraction of sp³-hybridized carbons (Fsp3) is 0.278. The lowest BCUT2D eigenvalue weighted by Crippen LogP contribution is -2.19. The van der Waals surface area contributed by atoms with E-state index in [1.165, 1.54) is 0 Å². The third kappa shape index (κ3) is 4.81. The molecule has 2 aromatic rings. The van der Waals surface area contributed by atoms with Crippen LogP contribution in [0.15, 0.2) is 52.9 Å². The van der Waals surface area contributed by atoms with Crippen LogP contribution in [-0.2, 0) is 11.0 Å². The Morgan fingerprint density at radius 3 is 2.32 bits per heavy atom. The smallest absolute Gasteiger partial charge is 0.144 e. The largest absolute Gasteiger partial charge is 0.457 e. The molecule has 0 unspecified atom stereocenters. The lowest BCUT2D eigenvalue weighted by molar-refractivity contribution is 0.482. The van der Waals surface area contributed by atoms with E-state index in [0.717, 1.165) is 22.6 Å². The summed E-state index contributed by atoms with van der Waals surface area (Å²) in [5.41, 5.74) is 2.01. The molecule has 22 heavy (non-hydrogen) atoms. The Morgan fingerprint density at radius 2 is 1.68 bits per heavy atom. The number of aryl methyl sites for hydroxylation is 1. The van der Waals surface area contributed by atoms with Crippen molar-refractivity contribution in [1.82, 2.24) is 0 Å². The summed E-state index contributed by atoms with van der Waals surface area (Å²) in [6.07, 6.45) is 1.63. The molecular formula is C18H21NO2S. The molecule has 0 aliphatic rings. The van der Waals surface area contributed by atoms with Crippen LogP contribution in [-0.4, -0.2) is 15.2 Å². The standard InChI is InChI=1S/C18H21NO2S/c1-14-7-5-9-16(11-14)21-17-10-6-8-15(12-17)13-19-22(20)18(2,3)4/h5-13H,1-4H3/t22-/m1/s1. The molecule has 116 valence electrons. The minimum absolute atomic E-state index is 0.355. The highest BCUT2D eigenvalue weighted by Crippen LogP contribution is 2.22. The zero-order valence-corrected chi connectivity index (χ0v) is 14.2. The van der Waals surface area contributed by atoms with E-state index in [2.05, 4.69) is 4.40 Å². The lowest BCUT2D eigenvalue weighted by atomic mass is 10.2. The predicted molar refractivity (Wildman–Crippen MR) is 93.2 cm³/mol. The van der Waals surface area contributed by atoms with Gasteiger partial charge < -0.3 is 4.74 Å². The van der Waals surface area contributed by atoms with Crippen LogP contribution >= 0.6 is 0 Å². The molecule has 0 fully saturated rings. The first-order valence-electron chi connectivity index (χ1n) is 7.15. The molecule has 0 amide bonds. The average Bonchev–Trinajstić information content (AvgIpc) is 2.44. The maximum Gasteiger partial charge on any atom is 0.144 e. The Labute approximate surface area is 134 Å². The van der Waals surface area contributed by atoms with Crippen LogP contribution < -0.4 is 4.74 Å². The van der Waals surface area contributed by atoms with E-state index in [1.807, 2.05) is 76.2 Å². The van der Waals surface area contributed by atoms with Crippen LogP contribution in [0.5, 0.6) is 11.5 Å². The van der Waals surface area contributed by atoms with Crippen molar-refractivity contribution in [3.63, 3.8) is 0 Å². The van der Waals surface area contributed by atoms with E-state index < -0.39 is 11.0 Å². The van der Waals surface area contributed by atoms with Crippen molar-refractivity contribution in [2.75, 3.05) is 0 Å². The summed E-state index contributed by atoms with van der Waals surface area (Å²) in [5, 5.41) is 0. The van der Waals surface area contributed by atoms with Gasteiger partial charge in [0.05, 0.1) is 4.75 Å². The predicted octanol–water partition coefficient (Wildman–Crippen LogP) is 4.67. The van der Waals surface area contributed by atoms with Gasteiger partial charge in [0, 0.05) is 6.21 Å². The summed E-state index contributed by atoms with van der Waals surface area (Å²) in [6.45, 7) is 7.73. The second-order valence-electron chi connectivity index (χ2n) is 6.09. The van der Waals surface area contributed by atoms with Crippen LogP contribution in [0.1, 0.15) is 31.9 Å². The van der Waals surface area contributed by atoms with Crippen molar-refractivity contribution in [2.24, 2.45) is 4.40 Å². The van der Waals surface area contributed by atoms with E-state index in [0.29, 0.717) is 0 Å². The van der Waals surface area contributed by atoms with Crippen molar-refractivity contribution in [1.29, 1.82) is 0 Å². The summed E-state index contributed by atoms with van der Waals surface area (Å²) < 4.78 is 21.5. The van der Waals surface area contributed by atoms with Gasteiger partial charge in [0.25, 0.3) is 0 Å². The van der Waals surface area contributed by atoms with E-state index in [1.54, 1.807) is 6.21 Å². The Morgan fingerprint density at radius 1 is 1.05 bits per heavy atom. The molecule has 4 heteroatoms. The van der Waals surface area contributed by atoms with Crippen molar-refractivity contribution in [3.05, 3.63) is 59.7 Å². The van der Waals surface area contributed by atoms with E-state index in [4.69, 9.17) is 4.74 Å². The third-order valence-electron chi connectivity index (χ3n) is 2.90. The van der Waals surface area contributed by atoms with Crippen LogP contribution in [0.4, 0.5) is 0 Å². The first-order chi connectivity index (χ1) is 10.3. The molecule has 0 saturated heterocycles. The van der Waals surface area contributed by atoms with Crippen LogP contribution in [0.25, 0.3) is 0 Å². The normalized spacial score (nSPS) is 13.3. The van der Waals surface area contributed by atoms with Gasteiger partial charge in [-0.25, -0.2) is 4.21 Å². The van der Waals surface area contributed by atoms with Crippen molar-refractivity contribution in [2.45, 2.75) is 32.4 Å². The molecule has 0 bridgehead atoms. The van der Waals surface area contributed by atoms with Gasteiger partial charge in [-0.2, -0.15) is 4.40 Å². The first-order valence-corrected chi connectivity index (χ1v) is 8.26. The zero-order valence-electron chi connectivity index (χ0n) is 13.4. The number of nitrogens with zero attached hydrogens (tertiary/aromatic N) is 1. The topological polar surface area (TPSA) is 38.7 Å². The molecule has 1 atom stereocenters. The summed E-state index contributed by atoms with van der Waals surface area (Å²) in [7, 11) is -1.26. The fourth-order valence-corrected chi connectivity index (χ4v) is 2.27. The lowest BCUT2D eigenvalue weighted by Gasteiger charge is -2.12. The van der Waals surface area contributed by atoms with Gasteiger partial charge in [0.2, 0.25) is 0 Å². The molecule has 3 nitrogen and oxygen atoms in total. The van der Waals surface area contributed by atoms with Gasteiger partial charge in [-0.05, 0) is 63.1 Å². The Balaban J connectivity index is 2.13. The SMILES string of the molecule is Cc1cccc(Oc2cccc(C=N[S@](=O)C(C)(C)C)c2)c1. The zero-order chi connectivity index (χ0) is 16.2. The Kier molecular flexibility index (Phi) is 5.14. The number of hydrogen-bond donors (Lipinski definition) is 0. The van der Waals surface area contributed by atoms with E-state index in [9.17, 15) is 4.21 Å². The van der Waals surface area contributed by atoms with Gasteiger partial charge in [0.1, 0.15) is 22.5 Å². The van der Waals surface area contributed by atoms with E-state index in [-0.39, 0.29) is 4.75 Å². The van der Waals surface area contributed by atoms with Crippen LogP contribution in [0, 0.1) is 6.92 Å². The number of rotatable bonds is 4. The maximum absolute atomic E-state index is 11.9. The second kappa shape index (κ2) is 6.88. The van der Waals surface area contributed by atoms with Crippen molar-refractivity contribution < 1.29 is 8.95 Å². The number of ether oxygens (including phenoxy) is 1. The maximum atomic E-state index is 11.9. The quantitative estimate of drug-likeness (QED) is 0.769. The van der Waals surface area contributed by atoms with Gasteiger partial charge in [-0.15, -0.1) is 0 Å². The van der Waals surface area contributed by atoms with Gasteiger partial charge in [-0.3, -0.25) is 0 Å². The van der Waals surface area contributed by atoms with Gasteiger partial charge in [0.15, 0.2) is 0 Å². The summed E-state index contributed by atoms with van der Waals surface area (Å²) in [4.78, 5) is 0. The molecule has 0 aliphatic heterocycles. The molecule has 0 N–H and O–H groups in total. The summed E-state index contributed by atoms with van der Waals surface area (Å²) in [5.74, 6) is 1.53. The minimum atomic E-state index is -1.26. The second-order valence-corrected chi connectivity index (χ2v) is 8.02. The molecule has 0 radical (unpaired) electrons. The summed E-state index contributed by atoms with van der Waals surface area (Å²) >= 11 is 0. The molecule has 0 spiro atoms. The van der Waals surface area contributed by atoms with E-state index >= 15 is 0 Å². The van der Waals surface area contributed by atoms with Gasteiger partial charge >= 0.3 is 0 Å². The minimum Gasteiger partial charge on any atom is -0.457 e. The molecule has 2 rings (SSSR count). The Bertz CT molecular complexity index is 702. The average molecular weight is 315 g/mol. The highest BCUT2D eigenvalue weighted by molar-refractivity contribution is 7.85. The van der Waals surface area contributed by atoms with Gasteiger partial charge in [-0.1, -0.05) is 24.3 Å². The first kappa shape index (κ1) is 16.4. The molecule has 2 aromatic carbocycles. The van der Waals surface area contributed by atoms with Crippen LogP contribution in [0.2, 0.25) is 0 Å². The number of hydrogen-bond acceptors (Lipinski definition) is 2. The van der Waals surface area contributed by atoms with Crippen LogP contribution in [0.3, 0.4) is 0 Å². The molecule has 0 aliphatic carbocycles. The highest BCUT2D eigenvalue weighted by atomic mass is 32.2. The molecule has 0 heterocycles. The Hall–Kier alpha value is -1.94. The van der Waals surface area contributed by atoms with Crippen molar-refractivity contribution >= 4 is 17.2 Å². The third-order valence-corrected chi connectivity index (χ3v) is 4.25. The molecule has 0 saturated carbocycles.